The Morgan fingerprint density at radius 3 is 2.38 bits per heavy atom. The zero-order valence-electron chi connectivity index (χ0n) is 18.1. The van der Waals surface area contributed by atoms with Gasteiger partial charge >= 0.3 is 0 Å². The molecule has 0 unspecified atom stereocenters. The van der Waals surface area contributed by atoms with Crippen LogP contribution in [-0.4, -0.2) is 55.1 Å². The fourth-order valence-electron chi connectivity index (χ4n) is 4.07. The maximum Gasteiger partial charge on any atom is 0.256 e. The van der Waals surface area contributed by atoms with Crippen LogP contribution in [0.25, 0.3) is 27.8 Å². The number of hydrogen-bond donors (Lipinski definition) is 1. The van der Waals surface area contributed by atoms with Crippen molar-refractivity contribution in [2.24, 2.45) is 0 Å². The molecule has 5 rings (SSSR count). The summed E-state index contributed by atoms with van der Waals surface area (Å²) in [4.78, 5) is 11.2. The average Bonchev–Trinajstić information content (AvgIpc) is 3.19. The Morgan fingerprint density at radius 2 is 1.66 bits per heavy atom. The van der Waals surface area contributed by atoms with Crippen LogP contribution in [0.5, 0.6) is 11.6 Å². The number of imidazole rings is 1. The van der Waals surface area contributed by atoms with Gasteiger partial charge in [0.15, 0.2) is 5.75 Å². The highest BCUT2D eigenvalue weighted by Crippen LogP contribution is 2.33. The molecule has 1 aliphatic rings. The number of aromatic nitrogens is 3. The molecule has 0 spiro atoms. The van der Waals surface area contributed by atoms with Gasteiger partial charge < -0.3 is 24.8 Å². The van der Waals surface area contributed by atoms with Crippen LogP contribution in [0, 0.1) is 0 Å². The molecule has 8 heteroatoms. The predicted octanol–water partition coefficient (Wildman–Crippen LogP) is 3.52. The van der Waals surface area contributed by atoms with E-state index in [-0.39, 0.29) is 0 Å². The van der Waals surface area contributed by atoms with Crippen LogP contribution < -0.4 is 20.1 Å². The van der Waals surface area contributed by atoms with E-state index >= 15 is 0 Å². The molecule has 1 fully saturated rings. The summed E-state index contributed by atoms with van der Waals surface area (Å²) in [7, 11) is 3.17. The molecule has 0 amide bonds. The van der Waals surface area contributed by atoms with Crippen molar-refractivity contribution in [2.45, 2.75) is 0 Å². The lowest BCUT2D eigenvalue weighted by Crippen LogP contribution is -2.36. The maximum absolute atomic E-state index is 6.31. The van der Waals surface area contributed by atoms with Gasteiger partial charge in [-0.3, -0.25) is 4.57 Å². The summed E-state index contributed by atoms with van der Waals surface area (Å²) in [6, 6.07) is 16.3. The first-order valence-electron chi connectivity index (χ1n) is 10.5. The summed E-state index contributed by atoms with van der Waals surface area (Å²) in [6.45, 7) is 3.32. The van der Waals surface area contributed by atoms with E-state index in [1.807, 2.05) is 22.8 Å². The molecular weight excluding hydrogens is 406 g/mol. The highest BCUT2D eigenvalue weighted by Gasteiger charge is 2.15. The third kappa shape index (κ3) is 3.58. The Kier molecular flexibility index (Phi) is 5.28. The summed E-state index contributed by atoms with van der Waals surface area (Å²) in [5, 5.41) is 0. The van der Waals surface area contributed by atoms with Crippen LogP contribution in [0.3, 0.4) is 0 Å². The van der Waals surface area contributed by atoms with Gasteiger partial charge in [-0.25, -0.2) is 9.97 Å². The molecule has 2 N–H and O–H groups in total. The number of benzene rings is 2. The van der Waals surface area contributed by atoms with Crippen LogP contribution in [-0.2, 0) is 4.74 Å². The molecule has 164 valence electrons. The lowest BCUT2D eigenvalue weighted by atomic mass is 10.1. The Labute approximate surface area is 186 Å². The molecular formula is C24H25N5O3. The summed E-state index contributed by atoms with van der Waals surface area (Å²) in [5.74, 6) is 1.48. The molecule has 32 heavy (non-hydrogen) atoms. The number of hydrogen-bond acceptors (Lipinski definition) is 7. The van der Waals surface area contributed by atoms with Gasteiger partial charge in [-0.15, -0.1) is 0 Å². The summed E-state index contributed by atoms with van der Waals surface area (Å²) in [5.41, 5.74) is 12.1. The van der Waals surface area contributed by atoms with Crippen molar-refractivity contribution in [3.8, 4) is 28.4 Å². The Morgan fingerprint density at radius 1 is 0.906 bits per heavy atom. The van der Waals surface area contributed by atoms with Gasteiger partial charge in [0.2, 0.25) is 5.95 Å². The number of methoxy groups -OCH3 is 2. The molecule has 1 saturated heterocycles. The first kappa shape index (κ1) is 20.1. The molecule has 0 aliphatic carbocycles. The highest BCUT2D eigenvalue weighted by atomic mass is 16.5. The molecule has 2 aromatic carbocycles. The van der Waals surface area contributed by atoms with Gasteiger partial charge in [-0.1, -0.05) is 6.07 Å². The van der Waals surface area contributed by atoms with Gasteiger partial charge in [-0.2, -0.15) is 0 Å². The Balaban J connectivity index is 1.53. The van der Waals surface area contributed by atoms with E-state index in [9.17, 15) is 0 Å². The minimum Gasteiger partial charge on any atom is -0.491 e. The number of rotatable bonds is 5. The lowest BCUT2D eigenvalue weighted by molar-refractivity contribution is 0.122. The number of morpholine rings is 1. The van der Waals surface area contributed by atoms with E-state index in [1.54, 1.807) is 20.4 Å². The monoisotopic (exact) mass is 431 g/mol. The standard InChI is InChI=1S/C24H25N5O3/c1-30-22-14-17(15-26-23(22)31-2)16-3-8-20-21(13-16)29(24(25)27-20)19-6-4-18(5-7-19)28-9-11-32-12-10-28/h3-8,13-15H,9-12H2,1-2H3,(H2,25,27). The minimum atomic E-state index is 0.446. The van der Waals surface area contributed by atoms with Crippen molar-refractivity contribution >= 4 is 22.7 Å². The van der Waals surface area contributed by atoms with Crippen LogP contribution in [0.1, 0.15) is 0 Å². The second-order valence-electron chi connectivity index (χ2n) is 7.56. The number of pyridine rings is 1. The third-order valence-electron chi connectivity index (χ3n) is 5.73. The van der Waals surface area contributed by atoms with E-state index in [0.29, 0.717) is 17.6 Å². The SMILES string of the molecule is COc1cc(-c2ccc3nc(N)n(-c4ccc(N5CCOCC5)cc4)c3c2)cnc1OC. The maximum atomic E-state index is 6.31. The van der Waals surface area contributed by atoms with E-state index in [4.69, 9.17) is 19.9 Å². The molecule has 2 aromatic heterocycles. The molecule has 4 aromatic rings. The number of ether oxygens (including phenoxy) is 3. The molecule has 0 saturated carbocycles. The number of nitrogens with two attached hydrogens (primary N) is 1. The van der Waals surface area contributed by atoms with Gasteiger partial charge in [0.05, 0.1) is 38.5 Å². The van der Waals surface area contributed by atoms with Crippen molar-refractivity contribution in [1.29, 1.82) is 0 Å². The largest absolute Gasteiger partial charge is 0.491 e. The van der Waals surface area contributed by atoms with E-state index < -0.39 is 0 Å². The fraction of sp³-hybridized carbons (Fsp3) is 0.250. The Hall–Kier alpha value is -3.78. The number of anilines is 2. The number of nitrogens with zero attached hydrogens (tertiary/aromatic N) is 4. The van der Waals surface area contributed by atoms with E-state index in [1.165, 1.54) is 5.69 Å². The predicted molar refractivity (Wildman–Crippen MR) is 125 cm³/mol. The van der Waals surface area contributed by atoms with E-state index in [2.05, 4.69) is 45.2 Å². The summed E-state index contributed by atoms with van der Waals surface area (Å²) >= 11 is 0. The third-order valence-corrected chi connectivity index (χ3v) is 5.73. The smallest absolute Gasteiger partial charge is 0.256 e. The van der Waals surface area contributed by atoms with Crippen molar-refractivity contribution < 1.29 is 14.2 Å². The zero-order chi connectivity index (χ0) is 22.1. The first-order chi connectivity index (χ1) is 15.7. The van der Waals surface area contributed by atoms with Gasteiger partial charge in [0.25, 0.3) is 5.88 Å². The molecule has 0 atom stereocenters. The second kappa shape index (κ2) is 8.39. The van der Waals surface area contributed by atoms with Crippen molar-refractivity contribution in [1.82, 2.24) is 14.5 Å². The quantitative estimate of drug-likeness (QED) is 0.517. The van der Waals surface area contributed by atoms with Gasteiger partial charge in [0, 0.05) is 36.2 Å². The number of fused-ring (bicyclic) bond motifs is 1. The average molecular weight is 431 g/mol. The molecule has 8 nitrogen and oxygen atoms in total. The van der Waals surface area contributed by atoms with Crippen LogP contribution in [0.4, 0.5) is 11.6 Å². The highest BCUT2D eigenvalue weighted by molar-refractivity contribution is 5.86. The zero-order valence-corrected chi connectivity index (χ0v) is 18.1. The minimum absolute atomic E-state index is 0.446. The Bertz CT molecular complexity index is 1250. The second-order valence-corrected chi connectivity index (χ2v) is 7.56. The lowest BCUT2D eigenvalue weighted by Gasteiger charge is -2.29. The van der Waals surface area contributed by atoms with Crippen LogP contribution in [0.15, 0.2) is 54.7 Å². The van der Waals surface area contributed by atoms with Gasteiger partial charge in [-0.05, 0) is 48.0 Å². The summed E-state index contributed by atoms with van der Waals surface area (Å²) in [6.07, 6.45) is 1.77. The number of nitrogen functional groups attached to an aromatic ring is 1. The first-order valence-corrected chi connectivity index (χ1v) is 10.5. The van der Waals surface area contributed by atoms with Crippen molar-refractivity contribution in [3.05, 3.63) is 54.7 Å². The van der Waals surface area contributed by atoms with Crippen molar-refractivity contribution in [2.75, 3.05) is 51.2 Å². The van der Waals surface area contributed by atoms with E-state index in [0.717, 1.165) is 54.2 Å². The normalized spacial score (nSPS) is 14.0. The summed E-state index contributed by atoms with van der Waals surface area (Å²) < 4.78 is 18.1. The molecule has 0 bridgehead atoms. The molecule has 3 heterocycles. The fourth-order valence-corrected chi connectivity index (χ4v) is 4.07. The topological polar surface area (TPSA) is 87.7 Å². The molecule has 1 aliphatic heterocycles. The van der Waals surface area contributed by atoms with Crippen molar-refractivity contribution in [3.63, 3.8) is 0 Å². The molecule has 0 radical (unpaired) electrons. The van der Waals surface area contributed by atoms with Crippen LogP contribution in [0.2, 0.25) is 0 Å². The van der Waals surface area contributed by atoms with Crippen LogP contribution >= 0.6 is 0 Å². The van der Waals surface area contributed by atoms with Gasteiger partial charge in [0.1, 0.15) is 0 Å².